The average Bonchev–Trinajstić information content (AvgIpc) is 3.14. The molecular weight excluding hydrogens is 354 g/mol. The van der Waals surface area contributed by atoms with E-state index in [-0.39, 0.29) is 37.9 Å². The van der Waals surface area contributed by atoms with Gasteiger partial charge in [0.1, 0.15) is 0 Å². The summed E-state index contributed by atoms with van der Waals surface area (Å²) in [6.45, 7) is 1.46. The van der Waals surface area contributed by atoms with Crippen LogP contribution in [0.5, 0.6) is 0 Å². The largest absolute Gasteiger partial charge is 0.481 e. The van der Waals surface area contributed by atoms with Crippen molar-refractivity contribution in [2.75, 3.05) is 36.9 Å². The van der Waals surface area contributed by atoms with Crippen molar-refractivity contribution in [1.82, 2.24) is 4.90 Å². The molecule has 1 heterocycles. The second-order valence-electron chi connectivity index (χ2n) is 7.27. The van der Waals surface area contributed by atoms with Crippen LogP contribution in [-0.2, 0) is 19.2 Å². The maximum Gasteiger partial charge on any atom is 0.312 e. The molecule has 2 aliphatic rings. The fourth-order valence-corrected chi connectivity index (χ4v) is 3.87. The highest BCUT2D eigenvalue weighted by Crippen LogP contribution is 2.68. The minimum Gasteiger partial charge on any atom is -0.481 e. The molecule has 3 N–H and O–H groups in total. The number of carbonyl (C=O) groups is 4. The molecule has 1 aliphatic heterocycles. The standard InChI is InChI=1S/C18H21N3O6/c1-11(22)20(2)13-5-3-12(4-6-13)19-14(23)7-21-9-17(15(24)25)8-18(17,10-21)16(26)27/h3-6H,7-10H2,1-2H3,(H,19,23)(H,24,25)(H,26,27)/t17-,18+. The van der Waals surface area contributed by atoms with Crippen LogP contribution in [0.3, 0.4) is 0 Å². The lowest BCUT2D eigenvalue weighted by molar-refractivity contribution is -0.151. The number of likely N-dealkylation sites (tertiary alicyclic amines) is 1. The quantitative estimate of drug-likeness (QED) is 0.659. The van der Waals surface area contributed by atoms with Gasteiger partial charge in [0.25, 0.3) is 0 Å². The summed E-state index contributed by atoms with van der Waals surface area (Å²) in [5.74, 6) is -2.72. The Morgan fingerprint density at radius 2 is 1.59 bits per heavy atom. The first kappa shape index (κ1) is 18.8. The lowest BCUT2D eigenvalue weighted by atomic mass is 9.97. The Labute approximate surface area is 155 Å². The van der Waals surface area contributed by atoms with Gasteiger partial charge in [0.2, 0.25) is 11.8 Å². The first-order valence-corrected chi connectivity index (χ1v) is 8.45. The average molecular weight is 375 g/mol. The van der Waals surface area contributed by atoms with E-state index in [0.717, 1.165) is 0 Å². The summed E-state index contributed by atoms with van der Waals surface area (Å²) in [6.07, 6.45) is 0.105. The van der Waals surface area contributed by atoms with Gasteiger partial charge in [0.05, 0.1) is 17.4 Å². The number of fused-ring (bicyclic) bond motifs is 1. The zero-order valence-electron chi connectivity index (χ0n) is 15.1. The molecule has 1 aromatic rings. The molecule has 0 unspecified atom stereocenters. The van der Waals surface area contributed by atoms with Crippen LogP contribution in [0.1, 0.15) is 13.3 Å². The first-order chi connectivity index (χ1) is 12.6. The second kappa shape index (κ2) is 6.34. The predicted octanol–water partition coefficient (Wildman–Crippen LogP) is 0.469. The van der Waals surface area contributed by atoms with Crippen molar-refractivity contribution in [2.24, 2.45) is 10.8 Å². The van der Waals surface area contributed by atoms with Gasteiger partial charge in [-0.2, -0.15) is 0 Å². The van der Waals surface area contributed by atoms with Gasteiger partial charge in [-0.15, -0.1) is 0 Å². The Morgan fingerprint density at radius 3 is 2.04 bits per heavy atom. The van der Waals surface area contributed by atoms with Crippen LogP contribution in [0.25, 0.3) is 0 Å². The van der Waals surface area contributed by atoms with E-state index in [1.807, 2.05) is 0 Å². The number of piperidine rings is 1. The number of carbonyl (C=O) groups excluding carboxylic acids is 2. The summed E-state index contributed by atoms with van der Waals surface area (Å²) in [5.41, 5.74) is -1.37. The van der Waals surface area contributed by atoms with Gasteiger partial charge in [-0.05, 0) is 30.7 Å². The van der Waals surface area contributed by atoms with Crippen LogP contribution in [0.2, 0.25) is 0 Å². The number of anilines is 2. The van der Waals surface area contributed by atoms with E-state index in [4.69, 9.17) is 0 Å². The minimum absolute atomic E-state index is 0.0460. The van der Waals surface area contributed by atoms with Gasteiger partial charge >= 0.3 is 11.9 Å². The number of amides is 2. The number of hydrogen-bond acceptors (Lipinski definition) is 5. The summed E-state index contributed by atoms with van der Waals surface area (Å²) in [6, 6.07) is 6.71. The summed E-state index contributed by atoms with van der Waals surface area (Å²) in [5, 5.41) is 21.5. The molecular formula is C18H21N3O6. The van der Waals surface area contributed by atoms with Gasteiger partial charge in [-0.3, -0.25) is 24.1 Å². The highest BCUT2D eigenvalue weighted by Gasteiger charge is 2.80. The third kappa shape index (κ3) is 3.03. The molecule has 1 saturated carbocycles. The van der Waals surface area contributed by atoms with Crippen molar-refractivity contribution in [3.05, 3.63) is 24.3 Å². The van der Waals surface area contributed by atoms with E-state index < -0.39 is 22.8 Å². The molecule has 0 spiro atoms. The maximum absolute atomic E-state index is 12.3. The number of benzene rings is 1. The Morgan fingerprint density at radius 1 is 1.07 bits per heavy atom. The smallest absolute Gasteiger partial charge is 0.312 e. The van der Waals surface area contributed by atoms with Crippen LogP contribution >= 0.6 is 0 Å². The van der Waals surface area contributed by atoms with E-state index in [1.165, 1.54) is 11.8 Å². The van der Waals surface area contributed by atoms with Crippen molar-refractivity contribution >= 4 is 35.1 Å². The number of carboxylic acid groups (broad SMARTS) is 2. The zero-order valence-corrected chi connectivity index (χ0v) is 15.1. The third-order valence-corrected chi connectivity index (χ3v) is 5.58. The molecule has 0 aromatic heterocycles. The van der Waals surface area contributed by atoms with Gasteiger partial charge < -0.3 is 20.4 Å². The molecule has 27 heavy (non-hydrogen) atoms. The Balaban J connectivity index is 1.60. The van der Waals surface area contributed by atoms with E-state index in [1.54, 1.807) is 36.2 Å². The Kier molecular flexibility index (Phi) is 4.43. The Bertz CT molecular complexity index is 795. The SMILES string of the molecule is CC(=O)N(C)c1ccc(NC(=O)CN2C[C@@]3(C(=O)O)C[C@@]3(C(=O)O)C2)cc1. The number of nitrogens with one attached hydrogen (secondary N) is 1. The topological polar surface area (TPSA) is 127 Å². The van der Waals surface area contributed by atoms with Crippen molar-refractivity contribution in [3.63, 3.8) is 0 Å². The second-order valence-corrected chi connectivity index (χ2v) is 7.27. The number of rotatable bonds is 6. The molecule has 2 amide bonds. The van der Waals surface area contributed by atoms with E-state index in [2.05, 4.69) is 5.32 Å². The van der Waals surface area contributed by atoms with Gasteiger partial charge in [0.15, 0.2) is 0 Å². The first-order valence-electron chi connectivity index (χ1n) is 8.45. The maximum atomic E-state index is 12.3. The monoisotopic (exact) mass is 375 g/mol. The highest BCUT2D eigenvalue weighted by atomic mass is 16.4. The molecule has 2 fully saturated rings. The van der Waals surface area contributed by atoms with Crippen LogP contribution in [0.4, 0.5) is 11.4 Å². The molecule has 0 radical (unpaired) electrons. The van der Waals surface area contributed by atoms with Crippen LogP contribution in [-0.4, -0.2) is 65.5 Å². The van der Waals surface area contributed by atoms with Crippen molar-refractivity contribution in [1.29, 1.82) is 0 Å². The van der Waals surface area contributed by atoms with Crippen molar-refractivity contribution in [3.8, 4) is 0 Å². The van der Waals surface area contributed by atoms with Crippen molar-refractivity contribution < 1.29 is 29.4 Å². The zero-order chi connectivity index (χ0) is 20.0. The molecule has 1 aliphatic carbocycles. The number of nitrogens with zero attached hydrogens (tertiary/aromatic N) is 2. The van der Waals surface area contributed by atoms with Crippen molar-refractivity contribution in [2.45, 2.75) is 13.3 Å². The highest BCUT2D eigenvalue weighted by molar-refractivity contribution is 5.96. The molecule has 9 nitrogen and oxygen atoms in total. The molecule has 144 valence electrons. The predicted molar refractivity (Wildman–Crippen MR) is 95.4 cm³/mol. The van der Waals surface area contributed by atoms with Gasteiger partial charge in [0, 0.05) is 38.4 Å². The molecule has 1 saturated heterocycles. The molecule has 3 rings (SSSR count). The summed E-state index contributed by atoms with van der Waals surface area (Å²) < 4.78 is 0. The molecule has 9 heteroatoms. The molecule has 2 atom stereocenters. The van der Waals surface area contributed by atoms with Crippen LogP contribution < -0.4 is 10.2 Å². The third-order valence-electron chi connectivity index (χ3n) is 5.58. The number of aliphatic carboxylic acids is 2. The minimum atomic E-state index is -1.29. The van der Waals surface area contributed by atoms with E-state index in [0.29, 0.717) is 11.4 Å². The van der Waals surface area contributed by atoms with Gasteiger partial charge in [-0.1, -0.05) is 0 Å². The lowest BCUT2D eigenvalue weighted by Gasteiger charge is -2.19. The normalized spacial score (nSPS) is 26.1. The molecule has 0 bridgehead atoms. The summed E-state index contributed by atoms with van der Waals surface area (Å²) >= 11 is 0. The number of carboxylic acids is 2. The van der Waals surface area contributed by atoms with E-state index in [9.17, 15) is 29.4 Å². The summed E-state index contributed by atoms with van der Waals surface area (Å²) in [4.78, 5) is 49.7. The molecule has 1 aromatic carbocycles. The fraction of sp³-hybridized carbons (Fsp3) is 0.444. The summed E-state index contributed by atoms with van der Waals surface area (Å²) in [7, 11) is 1.64. The van der Waals surface area contributed by atoms with E-state index >= 15 is 0 Å². The van der Waals surface area contributed by atoms with Crippen LogP contribution in [0, 0.1) is 10.8 Å². The van der Waals surface area contributed by atoms with Gasteiger partial charge in [-0.25, -0.2) is 0 Å². The lowest BCUT2D eigenvalue weighted by Crippen LogP contribution is -2.35. The van der Waals surface area contributed by atoms with Crippen LogP contribution in [0.15, 0.2) is 24.3 Å². The Hall–Kier alpha value is -2.94. The fourth-order valence-electron chi connectivity index (χ4n) is 3.87. The number of hydrogen-bond donors (Lipinski definition) is 3.